The fraction of sp³-hybridized carbons (Fsp3) is 0.412. The van der Waals surface area contributed by atoms with Gasteiger partial charge in [0.05, 0.1) is 24.6 Å². The highest BCUT2D eigenvalue weighted by molar-refractivity contribution is 7.16. The number of rotatable bonds is 5. The Bertz CT molecular complexity index is 656. The van der Waals surface area contributed by atoms with Gasteiger partial charge in [0.15, 0.2) is 0 Å². The van der Waals surface area contributed by atoms with Crippen molar-refractivity contribution in [1.29, 1.82) is 0 Å². The van der Waals surface area contributed by atoms with Gasteiger partial charge in [-0.2, -0.15) is 0 Å². The number of methoxy groups -OCH3 is 2. The first-order chi connectivity index (χ1) is 11.2. The molecule has 1 aromatic heterocycles. The molecule has 1 aliphatic heterocycles. The van der Waals surface area contributed by atoms with Crippen molar-refractivity contribution in [3.63, 3.8) is 0 Å². The molecule has 6 heteroatoms. The molecule has 0 spiro atoms. The van der Waals surface area contributed by atoms with E-state index in [1.54, 1.807) is 25.6 Å². The third kappa shape index (κ3) is 3.63. The molecule has 1 aliphatic rings. The van der Waals surface area contributed by atoms with Crippen molar-refractivity contribution < 1.29 is 9.47 Å². The summed E-state index contributed by atoms with van der Waals surface area (Å²) in [5.41, 5.74) is 1.15. The van der Waals surface area contributed by atoms with Crippen molar-refractivity contribution >= 4 is 22.9 Å². The van der Waals surface area contributed by atoms with E-state index in [9.17, 15) is 0 Å². The van der Waals surface area contributed by atoms with E-state index in [-0.39, 0.29) is 6.04 Å². The van der Waals surface area contributed by atoms with Crippen LogP contribution < -0.4 is 14.8 Å². The zero-order valence-electron chi connectivity index (χ0n) is 13.3. The molecule has 4 nitrogen and oxygen atoms in total. The number of halogens is 1. The van der Waals surface area contributed by atoms with E-state index in [4.69, 9.17) is 21.1 Å². The second-order valence-electron chi connectivity index (χ2n) is 5.44. The Morgan fingerprint density at radius 1 is 1.13 bits per heavy atom. The number of hydrogen-bond donors (Lipinski definition) is 1. The smallest absolute Gasteiger partial charge is 0.127 e. The Hall–Kier alpha value is -1.27. The molecule has 1 aromatic carbocycles. The SMILES string of the molecule is COc1ccc(C(c2ccc(Cl)s2)N2CCNCC2)c(OC)c1. The van der Waals surface area contributed by atoms with E-state index in [0.29, 0.717) is 0 Å². The third-order valence-electron chi connectivity index (χ3n) is 4.12. The lowest BCUT2D eigenvalue weighted by Crippen LogP contribution is -2.45. The number of hydrogen-bond acceptors (Lipinski definition) is 5. The molecule has 1 N–H and O–H groups in total. The topological polar surface area (TPSA) is 33.7 Å². The van der Waals surface area contributed by atoms with Crippen LogP contribution >= 0.6 is 22.9 Å². The summed E-state index contributed by atoms with van der Waals surface area (Å²) in [4.78, 5) is 3.71. The summed E-state index contributed by atoms with van der Waals surface area (Å²) in [5, 5.41) is 3.41. The van der Waals surface area contributed by atoms with Gasteiger partial charge in [-0.05, 0) is 24.3 Å². The molecule has 0 amide bonds. The number of thiophene rings is 1. The van der Waals surface area contributed by atoms with Crippen LogP contribution in [0.2, 0.25) is 4.34 Å². The standard InChI is InChI=1S/C17H21ClN2O2S/c1-21-12-3-4-13(14(11-12)22-2)17(15-5-6-16(18)23-15)20-9-7-19-8-10-20/h3-6,11,17,19H,7-10H2,1-2H3. The van der Waals surface area contributed by atoms with Crippen molar-refractivity contribution in [2.24, 2.45) is 0 Å². The van der Waals surface area contributed by atoms with Crippen LogP contribution in [0.1, 0.15) is 16.5 Å². The zero-order valence-corrected chi connectivity index (χ0v) is 14.9. The van der Waals surface area contributed by atoms with Crippen LogP contribution in [-0.4, -0.2) is 45.3 Å². The Labute approximate surface area is 146 Å². The van der Waals surface area contributed by atoms with Gasteiger partial charge in [0.2, 0.25) is 0 Å². The fourth-order valence-electron chi connectivity index (χ4n) is 2.99. The molecule has 124 valence electrons. The molecular weight excluding hydrogens is 332 g/mol. The first-order valence-corrected chi connectivity index (χ1v) is 8.84. The van der Waals surface area contributed by atoms with Crippen molar-refractivity contribution in [3.8, 4) is 11.5 Å². The summed E-state index contributed by atoms with van der Waals surface area (Å²) in [7, 11) is 3.37. The Kier molecular flexibility index (Phi) is 5.43. The van der Waals surface area contributed by atoms with Crippen LogP contribution in [-0.2, 0) is 0 Å². The minimum absolute atomic E-state index is 0.149. The fourth-order valence-corrected chi connectivity index (χ4v) is 4.21. The van der Waals surface area contributed by atoms with Crippen LogP contribution in [0.3, 0.4) is 0 Å². The van der Waals surface area contributed by atoms with Crippen LogP contribution in [0.4, 0.5) is 0 Å². The Morgan fingerprint density at radius 2 is 1.91 bits per heavy atom. The van der Waals surface area contributed by atoms with Crippen molar-refractivity contribution in [2.45, 2.75) is 6.04 Å². The van der Waals surface area contributed by atoms with Crippen molar-refractivity contribution in [1.82, 2.24) is 10.2 Å². The van der Waals surface area contributed by atoms with Crippen LogP contribution in [0.5, 0.6) is 11.5 Å². The molecule has 1 fully saturated rings. The van der Waals surface area contributed by atoms with Gasteiger partial charge in [0.1, 0.15) is 11.5 Å². The average molecular weight is 353 g/mol. The predicted molar refractivity (Wildman–Crippen MR) is 95.2 cm³/mol. The molecule has 0 aliphatic carbocycles. The first kappa shape index (κ1) is 16.6. The normalized spacial score (nSPS) is 17.0. The quantitative estimate of drug-likeness (QED) is 0.894. The number of piperazine rings is 1. The molecule has 1 saturated heterocycles. The maximum Gasteiger partial charge on any atom is 0.127 e. The molecule has 1 unspecified atom stereocenters. The second kappa shape index (κ2) is 7.53. The van der Waals surface area contributed by atoms with Gasteiger partial charge in [-0.3, -0.25) is 4.90 Å². The van der Waals surface area contributed by atoms with Gasteiger partial charge < -0.3 is 14.8 Å². The summed E-state index contributed by atoms with van der Waals surface area (Å²) in [6, 6.07) is 10.3. The summed E-state index contributed by atoms with van der Waals surface area (Å²) < 4.78 is 11.8. The second-order valence-corrected chi connectivity index (χ2v) is 7.18. The minimum Gasteiger partial charge on any atom is -0.497 e. The third-order valence-corrected chi connectivity index (χ3v) is 5.40. The van der Waals surface area contributed by atoms with Crippen LogP contribution in [0, 0.1) is 0 Å². The number of nitrogens with zero attached hydrogens (tertiary/aromatic N) is 1. The predicted octanol–water partition coefficient (Wildman–Crippen LogP) is 3.41. The highest BCUT2D eigenvalue weighted by Crippen LogP contribution is 2.40. The van der Waals surface area contributed by atoms with Crippen LogP contribution in [0.25, 0.3) is 0 Å². The molecule has 2 aromatic rings. The zero-order chi connectivity index (χ0) is 16.2. The van der Waals surface area contributed by atoms with Gasteiger partial charge in [-0.25, -0.2) is 0 Å². The number of ether oxygens (including phenoxy) is 2. The molecule has 23 heavy (non-hydrogen) atoms. The van der Waals surface area contributed by atoms with Gasteiger partial charge in [0.25, 0.3) is 0 Å². The van der Waals surface area contributed by atoms with Gasteiger partial charge in [0, 0.05) is 42.7 Å². The number of benzene rings is 1. The molecule has 0 saturated carbocycles. The van der Waals surface area contributed by atoms with Gasteiger partial charge in [-0.15, -0.1) is 11.3 Å². The molecule has 1 atom stereocenters. The molecule has 3 rings (SSSR count). The van der Waals surface area contributed by atoms with E-state index in [0.717, 1.165) is 47.6 Å². The summed E-state index contributed by atoms with van der Waals surface area (Å²) in [6.45, 7) is 3.98. The first-order valence-electron chi connectivity index (χ1n) is 7.65. The van der Waals surface area contributed by atoms with Crippen molar-refractivity contribution in [3.05, 3.63) is 45.1 Å². The number of nitrogens with one attached hydrogen (secondary N) is 1. The van der Waals surface area contributed by atoms with E-state index in [2.05, 4.69) is 22.3 Å². The monoisotopic (exact) mass is 352 g/mol. The lowest BCUT2D eigenvalue weighted by Gasteiger charge is -2.35. The van der Waals surface area contributed by atoms with E-state index in [1.807, 2.05) is 18.2 Å². The molecular formula is C17H21ClN2O2S. The highest BCUT2D eigenvalue weighted by Gasteiger charge is 2.28. The maximum absolute atomic E-state index is 6.19. The summed E-state index contributed by atoms with van der Waals surface area (Å²) in [5.74, 6) is 1.64. The highest BCUT2D eigenvalue weighted by atomic mass is 35.5. The van der Waals surface area contributed by atoms with Gasteiger partial charge >= 0.3 is 0 Å². The van der Waals surface area contributed by atoms with E-state index in [1.165, 1.54) is 4.88 Å². The minimum atomic E-state index is 0.149. The van der Waals surface area contributed by atoms with E-state index >= 15 is 0 Å². The summed E-state index contributed by atoms with van der Waals surface area (Å²) >= 11 is 7.82. The Balaban J connectivity index is 2.03. The van der Waals surface area contributed by atoms with Gasteiger partial charge in [-0.1, -0.05) is 11.6 Å². The molecule has 0 radical (unpaired) electrons. The maximum atomic E-state index is 6.19. The largest absolute Gasteiger partial charge is 0.497 e. The Morgan fingerprint density at radius 3 is 2.52 bits per heavy atom. The molecule has 0 bridgehead atoms. The lowest BCUT2D eigenvalue weighted by atomic mass is 10.0. The lowest BCUT2D eigenvalue weighted by molar-refractivity contribution is 0.197. The average Bonchev–Trinajstić information content (AvgIpc) is 3.02. The molecule has 2 heterocycles. The summed E-state index contributed by atoms with van der Waals surface area (Å²) in [6.07, 6.45) is 0. The van der Waals surface area contributed by atoms with E-state index < -0.39 is 0 Å². The van der Waals surface area contributed by atoms with Crippen molar-refractivity contribution in [2.75, 3.05) is 40.4 Å². The van der Waals surface area contributed by atoms with Crippen LogP contribution in [0.15, 0.2) is 30.3 Å².